The summed E-state index contributed by atoms with van der Waals surface area (Å²) in [6, 6.07) is 85.6. The summed E-state index contributed by atoms with van der Waals surface area (Å²) in [7, 11) is -3.21. The van der Waals surface area contributed by atoms with Crippen molar-refractivity contribution in [3.8, 4) is 34.4 Å². The monoisotopic (exact) mass is 898 g/mol. The highest BCUT2D eigenvalue weighted by molar-refractivity contribution is 7.20. The molecule has 0 amide bonds. The lowest BCUT2D eigenvalue weighted by atomic mass is 9.35. The molecule has 15 rings (SSSR count). The normalized spacial score (nSPS) is 12.8. The van der Waals surface area contributed by atoms with Crippen LogP contribution in [0.15, 0.2) is 237 Å². The minimum Gasteiger partial charge on any atom is -0.458 e. The van der Waals surface area contributed by atoms with Gasteiger partial charge < -0.3 is 14.0 Å². The molecule has 0 aliphatic carbocycles. The van der Waals surface area contributed by atoms with Crippen molar-refractivity contribution in [1.82, 2.24) is 18.5 Å². The molecule has 13 aromatic rings. The molecule has 6 nitrogen and oxygen atoms in total. The van der Waals surface area contributed by atoms with Crippen LogP contribution in [0.5, 0.6) is 23.0 Å². The van der Waals surface area contributed by atoms with E-state index in [4.69, 9.17) is 14.5 Å². The van der Waals surface area contributed by atoms with Crippen molar-refractivity contribution in [2.75, 3.05) is 0 Å². The van der Waals surface area contributed by atoms with Gasteiger partial charge in [0.05, 0.1) is 27.6 Å². The lowest BCUT2D eigenvalue weighted by Crippen LogP contribution is -2.75. The quantitative estimate of drug-likeness (QED) is 0.124. The summed E-state index contributed by atoms with van der Waals surface area (Å²) in [4.78, 5) is 5.64. The zero-order valence-electron chi connectivity index (χ0n) is 37.2. The number of rotatable bonds is 6. The molecule has 69 heavy (non-hydrogen) atoms. The zero-order valence-corrected chi connectivity index (χ0v) is 38.2. The number of para-hydroxylation sites is 6. The molecular formula is C61H39BN4O2Si. The summed E-state index contributed by atoms with van der Waals surface area (Å²) in [5.41, 5.74) is 12.0. The number of hydrogen-bond acceptors (Lipinski definition) is 3. The van der Waals surface area contributed by atoms with Gasteiger partial charge in [-0.15, -0.1) is 0 Å². The Balaban J connectivity index is 1.02. The van der Waals surface area contributed by atoms with Crippen LogP contribution in [0.4, 0.5) is 0 Å². The van der Waals surface area contributed by atoms with E-state index in [1.165, 1.54) is 26.1 Å². The molecule has 0 bridgehead atoms. The SMILES string of the molecule is c1ccc(-n2c3ccccc3n3c4ccc5c6ccccc6n(-c6cccc([Si](c7ccccc7)(c7ccccc7)c7cc8c9c(c7)Oc7ccccc7B9c7ccccc7O8)c6)c5c4nc23)cc1. The maximum absolute atomic E-state index is 7.01. The van der Waals surface area contributed by atoms with Gasteiger partial charge in [-0.05, 0) is 111 Å². The van der Waals surface area contributed by atoms with Crippen LogP contribution in [0.25, 0.3) is 61.0 Å². The average Bonchev–Trinajstić information content (AvgIpc) is 4.07. The molecule has 8 heteroatoms. The molecule has 2 aliphatic heterocycles. The Kier molecular flexibility index (Phi) is 8.09. The van der Waals surface area contributed by atoms with Gasteiger partial charge in [0, 0.05) is 27.6 Å². The largest absolute Gasteiger partial charge is 0.458 e. The molecule has 0 fully saturated rings. The molecule has 3 aromatic heterocycles. The lowest BCUT2D eigenvalue weighted by Gasteiger charge is -2.38. The lowest BCUT2D eigenvalue weighted by molar-refractivity contribution is 0.465. The molecule has 0 atom stereocenters. The highest BCUT2D eigenvalue weighted by Gasteiger charge is 2.46. The first-order chi connectivity index (χ1) is 34.2. The van der Waals surface area contributed by atoms with Gasteiger partial charge in [0.15, 0.2) is 8.07 Å². The topological polar surface area (TPSA) is 45.6 Å². The van der Waals surface area contributed by atoms with E-state index in [2.05, 4.69) is 250 Å². The molecular weight excluding hydrogens is 860 g/mol. The molecule has 0 unspecified atom stereocenters. The van der Waals surface area contributed by atoms with Crippen molar-refractivity contribution in [3.63, 3.8) is 0 Å². The van der Waals surface area contributed by atoms with Crippen LogP contribution < -0.4 is 46.6 Å². The molecule has 0 N–H and O–H groups in total. The second-order valence-corrected chi connectivity index (χ2v) is 22.0. The fourth-order valence-corrected chi connectivity index (χ4v) is 16.7. The first-order valence-corrected chi connectivity index (χ1v) is 25.6. The Bertz CT molecular complexity index is 4110. The summed E-state index contributed by atoms with van der Waals surface area (Å²) >= 11 is 0. The van der Waals surface area contributed by atoms with E-state index in [1.54, 1.807) is 0 Å². The molecule has 322 valence electrons. The van der Waals surface area contributed by atoms with Crippen LogP contribution >= 0.6 is 0 Å². The number of ether oxygens (including phenoxy) is 2. The molecule has 5 heterocycles. The van der Waals surface area contributed by atoms with Crippen LogP contribution in [0, 0.1) is 0 Å². The molecule has 0 radical (unpaired) electrons. The van der Waals surface area contributed by atoms with Crippen LogP contribution in [0.1, 0.15) is 0 Å². The molecule has 10 aromatic carbocycles. The Morgan fingerprint density at radius 2 is 0.928 bits per heavy atom. The summed E-state index contributed by atoms with van der Waals surface area (Å²) in [5, 5.41) is 7.29. The first-order valence-electron chi connectivity index (χ1n) is 23.6. The van der Waals surface area contributed by atoms with Crippen molar-refractivity contribution in [2.45, 2.75) is 0 Å². The maximum Gasteiger partial charge on any atom is 0.260 e. The van der Waals surface area contributed by atoms with E-state index in [-0.39, 0.29) is 6.71 Å². The molecule has 0 saturated carbocycles. The third-order valence-corrected chi connectivity index (χ3v) is 19.4. The van der Waals surface area contributed by atoms with Crippen molar-refractivity contribution >= 4 is 102 Å². The third kappa shape index (κ3) is 5.34. The second-order valence-electron chi connectivity index (χ2n) is 18.2. The van der Waals surface area contributed by atoms with E-state index < -0.39 is 8.07 Å². The number of fused-ring (bicyclic) bond motifs is 13. The van der Waals surface area contributed by atoms with E-state index >= 15 is 0 Å². The number of hydrogen-bond donors (Lipinski definition) is 0. The van der Waals surface area contributed by atoms with E-state index in [0.29, 0.717) is 0 Å². The van der Waals surface area contributed by atoms with E-state index in [0.717, 1.165) is 95.0 Å². The predicted molar refractivity (Wildman–Crippen MR) is 285 cm³/mol. The molecule has 0 saturated heterocycles. The Hall–Kier alpha value is -8.85. The van der Waals surface area contributed by atoms with Gasteiger partial charge in [0.2, 0.25) is 5.78 Å². The highest BCUT2D eigenvalue weighted by atomic mass is 28.3. The van der Waals surface area contributed by atoms with Crippen molar-refractivity contribution in [2.24, 2.45) is 0 Å². The van der Waals surface area contributed by atoms with Crippen LogP contribution in [-0.4, -0.2) is 33.3 Å². The minimum atomic E-state index is -3.21. The molecule has 0 spiro atoms. The van der Waals surface area contributed by atoms with Crippen molar-refractivity contribution in [1.29, 1.82) is 0 Å². The number of benzene rings is 10. The van der Waals surface area contributed by atoms with E-state index in [9.17, 15) is 0 Å². The van der Waals surface area contributed by atoms with Crippen molar-refractivity contribution in [3.05, 3.63) is 237 Å². The Morgan fingerprint density at radius 1 is 0.377 bits per heavy atom. The maximum atomic E-state index is 7.01. The standard InChI is InChI=1S/C61H39BN4O2Si/c1-4-19-40(20-5-1)65-51-31-14-15-32-52(51)66-53-36-35-47-46-27-10-13-30-50(46)64(60(47)59(53)63-61(65)66)41-21-18-26-44(37-41)69(42-22-6-2-7-23-42,43-24-8-3-9-25-43)45-38-56-58-57(39-45)68-55-34-17-12-29-49(55)62(58)48-28-11-16-33-54(48)67-56/h1-39H. The molecule has 2 aliphatic rings. The van der Waals surface area contributed by atoms with Gasteiger partial charge in [0.25, 0.3) is 6.71 Å². The summed E-state index contributed by atoms with van der Waals surface area (Å²) in [6.07, 6.45) is 0. The third-order valence-electron chi connectivity index (χ3n) is 14.7. The second kappa shape index (κ2) is 14.6. The summed E-state index contributed by atoms with van der Waals surface area (Å²) < 4.78 is 21.1. The summed E-state index contributed by atoms with van der Waals surface area (Å²) in [5.74, 6) is 4.31. The van der Waals surface area contributed by atoms with Gasteiger partial charge in [-0.1, -0.05) is 158 Å². The van der Waals surface area contributed by atoms with Crippen LogP contribution in [0.3, 0.4) is 0 Å². The van der Waals surface area contributed by atoms with Gasteiger partial charge in [0.1, 0.15) is 28.5 Å². The number of aromatic nitrogens is 4. The Morgan fingerprint density at radius 3 is 1.61 bits per heavy atom. The smallest absolute Gasteiger partial charge is 0.260 e. The first kappa shape index (κ1) is 38.3. The number of imidazole rings is 2. The highest BCUT2D eigenvalue weighted by Crippen LogP contribution is 2.39. The van der Waals surface area contributed by atoms with E-state index in [1.807, 2.05) is 0 Å². The predicted octanol–water partition coefficient (Wildman–Crippen LogP) is 9.63. The van der Waals surface area contributed by atoms with Gasteiger partial charge in [-0.3, -0.25) is 8.97 Å². The zero-order chi connectivity index (χ0) is 45.2. The fraction of sp³-hybridized carbons (Fsp3) is 0. The van der Waals surface area contributed by atoms with Gasteiger partial charge >= 0.3 is 0 Å². The Labute approximate surface area is 398 Å². The average molecular weight is 899 g/mol. The van der Waals surface area contributed by atoms with Crippen LogP contribution in [0.2, 0.25) is 0 Å². The minimum absolute atomic E-state index is 0.0171. The van der Waals surface area contributed by atoms with Crippen molar-refractivity contribution < 1.29 is 9.47 Å². The summed E-state index contributed by atoms with van der Waals surface area (Å²) in [6.45, 7) is -0.0171. The number of nitrogens with zero attached hydrogens (tertiary/aromatic N) is 4. The fourth-order valence-electron chi connectivity index (χ4n) is 11.9. The van der Waals surface area contributed by atoms with Gasteiger partial charge in [-0.25, -0.2) is 4.98 Å². The van der Waals surface area contributed by atoms with Crippen LogP contribution in [-0.2, 0) is 0 Å². The van der Waals surface area contributed by atoms with Gasteiger partial charge in [-0.2, -0.15) is 0 Å².